The van der Waals surface area contributed by atoms with E-state index in [9.17, 15) is 9.59 Å². The predicted molar refractivity (Wildman–Crippen MR) is 104 cm³/mol. The average molecular weight is 397 g/mol. The van der Waals surface area contributed by atoms with Gasteiger partial charge in [-0.2, -0.15) is 0 Å². The van der Waals surface area contributed by atoms with Gasteiger partial charge in [-0.15, -0.1) is 0 Å². The monoisotopic (exact) mass is 396 g/mol. The van der Waals surface area contributed by atoms with Crippen LogP contribution in [0.2, 0.25) is 5.02 Å². The molecular formula is C21H17ClN2O4. The summed E-state index contributed by atoms with van der Waals surface area (Å²) in [7, 11) is 0. The van der Waals surface area contributed by atoms with Crippen molar-refractivity contribution in [1.29, 1.82) is 0 Å². The van der Waals surface area contributed by atoms with E-state index in [-0.39, 0.29) is 12.5 Å². The summed E-state index contributed by atoms with van der Waals surface area (Å²) >= 11 is 6.21. The lowest BCUT2D eigenvalue weighted by atomic mass is 10.1. The summed E-state index contributed by atoms with van der Waals surface area (Å²) in [5.41, 5.74) is 2.26. The van der Waals surface area contributed by atoms with Crippen LogP contribution in [0.5, 0.6) is 0 Å². The first-order valence-corrected chi connectivity index (χ1v) is 9.27. The van der Waals surface area contributed by atoms with Crippen LogP contribution in [-0.2, 0) is 16.1 Å². The molecule has 6 nitrogen and oxygen atoms in total. The van der Waals surface area contributed by atoms with E-state index in [0.29, 0.717) is 40.7 Å². The highest BCUT2D eigenvalue weighted by Gasteiger charge is 2.24. The van der Waals surface area contributed by atoms with Gasteiger partial charge >= 0.3 is 5.97 Å². The van der Waals surface area contributed by atoms with Gasteiger partial charge in [-0.05, 0) is 24.6 Å². The van der Waals surface area contributed by atoms with Crippen molar-refractivity contribution in [3.05, 3.63) is 70.9 Å². The summed E-state index contributed by atoms with van der Waals surface area (Å²) in [6.45, 7) is 0.577. The molecule has 1 aliphatic rings. The maximum absolute atomic E-state index is 12.4. The Balaban J connectivity index is 1.44. The van der Waals surface area contributed by atoms with Gasteiger partial charge in [0.1, 0.15) is 12.3 Å². The predicted octanol–water partition coefficient (Wildman–Crippen LogP) is 4.48. The summed E-state index contributed by atoms with van der Waals surface area (Å²) in [5, 5.41) is 4.36. The standard InChI is InChI=1S/C21H17ClN2O4/c22-17-9-8-15(11-18(17)24-10-4-7-20(24)25)21(26)27-13-16-12-19(28-23-16)14-5-2-1-3-6-14/h1-3,5-6,8-9,11-12H,4,7,10,13H2. The molecule has 2 aromatic carbocycles. The lowest BCUT2D eigenvalue weighted by Gasteiger charge is -2.18. The second-order valence-electron chi connectivity index (χ2n) is 6.44. The molecule has 0 unspecified atom stereocenters. The molecular weight excluding hydrogens is 380 g/mol. The van der Waals surface area contributed by atoms with Crippen molar-refractivity contribution in [3.63, 3.8) is 0 Å². The number of halogens is 1. The zero-order valence-electron chi connectivity index (χ0n) is 14.9. The molecule has 0 bridgehead atoms. The van der Waals surface area contributed by atoms with E-state index in [1.54, 1.807) is 29.2 Å². The fraction of sp³-hybridized carbons (Fsp3) is 0.190. The number of esters is 1. The summed E-state index contributed by atoms with van der Waals surface area (Å²) in [4.78, 5) is 26.0. The van der Waals surface area contributed by atoms with Crippen LogP contribution in [0.15, 0.2) is 59.1 Å². The van der Waals surface area contributed by atoms with Gasteiger partial charge in [0.05, 0.1) is 16.3 Å². The number of hydrogen-bond acceptors (Lipinski definition) is 5. The average Bonchev–Trinajstić information content (AvgIpc) is 3.36. The van der Waals surface area contributed by atoms with Crippen molar-refractivity contribution in [3.8, 4) is 11.3 Å². The van der Waals surface area contributed by atoms with Gasteiger partial charge in [0.15, 0.2) is 5.76 Å². The third-order valence-corrected chi connectivity index (χ3v) is 4.83. The van der Waals surface area contributed by atoms with Crippen molar-refractivity contribution >= 4 is 29.2 Å². The molecule has 0 spiro atoms. The first-order valence-electron chi connectivity index (χ1n) is 8.90. The van der Waals surface area contributed by atoms with E-state index in [1.165, 1.54) is 0 Å². The number of rotatable bonds is 5. The molecule has 0 radical (unpaired) electrons. The first kappa shape index (κ1) is 18.3. The smallest absolute Gasteiger partial charge is 0.338 e. The van der Waals surface area contributed by atoms with E-state index in [0.717, 1.165) is 12.0 Å². The van der Waals surface area contributed by atoms with Gasteiger partial charge in [0, 0.05) is 24.6 Å². The molecule has 2 heterocycles. The Morgan fingerprint density at radius 1 is 1.18 bits per heavy atom. The first-order chi connectivity index (χ1) is 13.6. The molecule has 7 heteroatoms. The van der Waals surface area contributed by atoms with Gasteiger partial charge in [-0.1, -0.05) is 47.1 Å². The van der Waals surface area contributed by atoms with Gasteiger partial charge in [0.25, 0.3) is 0 Å². The van der Waals surface area contributed by atoms with E-state index >= 15 is 0 Å². The van der Waals surface area contributed by atoms with Crippen LogP contribution in [-0.4, -0.2) is 23.6 Å². The highest BCUT2D eigenvalue weighted by Crippen LogP contribution is 2.30. The normalized spacial score (nSPS) is 13.8. The molecule has 4 rings (SSSR count). The number of carbonyl (C=O) groups excluding carboxylic acids is 2. The van der Waals surface area contributed by atoms with Crippen molar-refractivity contribution in [2.75, 3.05) is 11.4 Å². The summed E-state index contributed by atoms with van der Waals surface area (Å²) in [5.74, 6) is 0.0882. The van der Waals surface area contributed by atoms with E-state index in [1.807, 2.05) is 30.3 Å². The molecule has 1 aliphatic heterocycles. The lowest BCUT2D eigenvalue weighted by molar-refractivity contribution is -0.117. The fourth-order valence-corrected chi connectivity index (χ4v) is 3.31. The van der Waals surface area contributed by atoms with Crippen molar-refractivity contribution in [2.45, 2.75) is 19.4 Å². The second kappa shape index (κ2) is 7.86. The van der Waals surface area contributed by atoms with Gasteiger partial charge in [-0.3, -0.25) is 4.79 Å². The van der Waals surface area contributed by atoms with Crippen LogP contribution in [0.4, 0.5) is 5.69 Å². The molecule has 0 aliphatic carbocycles. The third kappa shape index (κ3) is 3.77. The zero-order chi connectivity index (χ0) is 19.5. The lowest BCUT2D eigenvalue weighted by Crippen LogP contribution is -2.24. The Bertz CT molecular complexity index is 1020. The van der Waals surface area contributed by atoms with Crippen LogP contribution >= 0.6 is 11.6 Å². The highest BCUT2D eigenvalue weighted by molar-refractivity contribution is 6.34. The zero-order valence-corrected chi connectivity index (χ0v) is 15.7. The van der Waals surface area contributed by atoms with Crippen LogP contribution < -0.4 is 4.90 Å². The third-order valence-electron chi connectivity index (χ3n) is 4.51. The van der Waals surface area contributed by atoms with Crippen LogP contribution in [0.1, 0.15) is 28.9 Å². The van der Waals surface area contributed by atoms with Gasteiger partial charge < -0.3 is 14.2 Å². The quantitative estimate of drug-likeness (QED) is 0.594. The van der Waals surface area contributed by atoms with E-state index in [4.69, 9.17) is 20.9 Å². The maximum atomic E-state index is 12.4. The minimum absolute atomic E-state index is 0.00320. The molecule has 1 fully saturated rings. The summed E-state index contributed by atoms with van der Waals surface area (Å²) in [6, 6.07) is 16.0. The number of anilines is 1. The Labute approximate surface area is 166 Å². The summed E-state index contributed by atoms with van der Waals surface area (Å²) < 4.78 is 10.6. The molecule has 0 saturated carbocycles. The number of amides is 1. The number of carbonyl (C=O) groups is 2. The molecule has 3 aromatic rings. The Morgan fingerprint density at radius 3 is 2.75 bits per heavy atom. The highest BCUT2D eigenvalue weighted by atomic mass is 35.5. The van der Waals surface area contributed by atoms with E-state index < -0.39 is 5.97 Å². The Morgan fingerprint density at radius 2 is 2.00 bits per heavy atom. The summed E-state index contributed by atoms with van der Waals surface area (Å²) in [6.07, 6.45) is 1.26. The van der Waals surface area contributed by atoms with Gasteiger partial charge in [0.2, 0.25) is 5.91 Å². The largest absolute Gasteiger partial charge is 0.455 e. The minimum Gasteiger partial charge on any atom is -0.455 e. The van der Waals surface area contributed by atoms with Crippen molar-refractivity contribution < 1.29 is 18.8 Å². The number of hydrogen-bond donors (Lipinski definition) is 0. The van der Waals surface area contributed by atoms with Crippen molar-refractivity contribution in [1.82, 2.24) is 5.16 Å². The van der Waals surface area contributed by atoms with Crippen LogP contribution in [0.3, 0.4) is 0 Å². The number of ether oxygens (including phenoxy) is 1. The Hall–Kier alpha value is -3.12. The molecule has 28 heavy (non-hydrogen) atoms. The van der Waals surface area contributed by atoms with E-state index in [2.05, 4.69) is 5.16 Å². The van der Waals surface area contributed by atoms with Crippen molar-refractivity contribution in [2.24, 2.45) is 0 Å². The fourth-order valence-electron chi connectivity index (χ4n) is 3.09. The molecule has 1 saturated heterocycles. The second-order valence-corrected chi connectivity index (χ2v) is 6.85. The molecule has 142 valence electrons. The molecule has 1 aromatic heterocycles. The molecule has 0 atom stereocenters. The maximum Gasteiger partial charge on any atom is 0.338 e. The topological polar surface area (TPSA) is 72.6 Å². The Kier molecular flexibility index (Phi) is 5.12. The molecule has 1 amide bonds. The molecule has 0 N–H and O–H groups in total. The SMILES string of the molecule is O=C(OCc1cc(-c2ccccc2)on1)c1ccc(Cl)c(N2CCCC2=O)c1. The minimum atomic E-state index is -0.520. The van der Waals surface area contributed by atoms with Crippen LogP contribution in [0, 0.1) is 0 Å². The number of aromatic nitrogens is 1. The number of benzene rings is 2. The number of nitrogens with zero attached hydrogens (tertiary/aromatic N) is 2. The van der Waals surface area contributed by atoms with Crippen LogP contribution in [0.25, 0.3) is 11.3 Å². The van der Waals surface area contributed by atoms with Gasteiger partial charge in [-0.25, -0.2) is 4.79 Å².